The molecule has 0 amide bonds. The molecule has 2 aromatic rings. The zero-order chi connectivity index (χ0) is 15.2. The fraction of sp³-hybridized carbons (Fsp3) is 0.0909. The van der Waals surface area contributed by atoms with Gasteiger partial charge in [-0.05, 0) is 6.92 Å². The van der Waals surface area contributed by atoms with E-state index in [-0.39, 0.29) is 5.69 Å². The molecule has 4 nitrogen and oxygen atoms in total. The van der Waals surface area contributed by atoms with Crippen molar-refractivity contribution in [3.63, 3.8) is 0 Å². The van der Waals surface area contributed by atoms with Crippen LogP contribution in [0.2, 0.25) is 0 Å². The Labute approximate surface area is 108 Å². The molecule has 20 heavy (non-hydrogen) atoms. The van der Waals surface area contributed by atoms with Gasteiger partial charge in [-0.2, -0.15) is 5.10 Å². The molecule has 0 aliphatic carbocycles. The largest absolute Gasteiger partial charge is 0.478 e. The second-order valence-corrected chi connectivity index (χ2v) is 3.80. The summed E-state index contributed by atoms with van der Waals surface area (Å²) in [4.78, 5) is 10.8. The van der Waals surface area contributed by atoms with Gasteiger partial charge in [-0.15, -0.1) is 0 Å². The quantitative estimate of drug-likeness (QED) is 0.526. The molecule has 0 unspecified atom stereocenters. The molecule has 0 atom stereocenters. The van der Waals surface area contributed by atoms with Gasteiger partial charge >= 0.3 is 5.97 Å². The van der Waals surface area contributed by atoms with Crippen LogP contribution in [-0.2, 0) is 0 Å². The Balaban J connectivity index is 2.77. The maximum absolute atomic E-state index is 13.5. The molecular weight excluding hydrogens is 287 g/mol. The number of hydrogen-bond donors (Lipinski definition) is 1. The monoisotopic (exact) mass is 292 g/mol. The molecule has 2 rings (SSSR count). The summed E-state index contributed by atoms with van der Waals surface area (Å²) in [6.07, 6.45) is 0.663. The van der Waals surface area contributed by atoms with Gasteiger partial charge in [0.15, 0.2) is 23.3 Å². The lowest BCUT2D eigenvalue weighted by atomic mass is 10.2. The van der Waals surface area contributed by atoms with Gasteiger partial charge in [-0.25, -0.2) is 31.4 Å². The smallest absolute Gasteiger partial charge is 0.339 e. The number of carbonyl (C=O) groups is 1. The Morgan fingerprint density at radius 3 is 1.90 bits per heavy atom. The summed E-state index contributed by atoms with van der Waals surface area (Å²) in [7, 11) is 0. The first-order chi connectivity index (χ1) is 9.25. The summed E-state index contributed by atoms with van der Waals surface area (Å²) in [5, 5.41) is 12.2. The number of rotatable bonds is 2. The highest BCUT2D eigenvalue weighted by Gasteiger charge is 2.28. The van der Waals surface area contributed by atoms with Crippen LogP contribution >= 0.6 is 0 Å². The first-order valence-electron chi connectivity index (χ1n) is 5.07. The molecule has 9 heteroatoms. The first-order valence-corrected chi connectivity index (χ1v) is 5.07. The van der Waals surface area contributed by atoms with Gasteiger partial charge in [0.2, 0.25) is 5.82 Å². The minimum Gasteiger partial charge on any atom is -0.478 e. The minimum absolute atomic E-state index is 0.138. The number of aryl methyl sites for hydroxylation is 1. The third-order valence-electron chi connectivity index (χ3n) is 2.55. The van der Waals surface area contributed by atoms with Crippen molar-refractivity contribution in [3.05, 3.63) is 46.5 Å². The van der Waals surface area contributed by atoms with E-state index in [1.54, 1.807) is 0 Å². The Kier molecular flexibility index (Phi) is 3.20. The standard InChI is InChI=1S/C11H5F5N2O2/c1-3-4(11(19)20)2-18(17-3)10-8(15)6(13)5(12)7(14)9(10)16/h2H,1H3,(H,19,20). The van der Waals surface area contributed by atoms with Crippen LogP contribution in [0.15, 0.2) is 6.20 Å². The molecule has 0 aliphatic rings. The van der Waals surface area contributed by atoms with Gasteiger partial charge in [-0.1, -0.05) is 0 Å². The van der Waals surface area contributed by atoms with Crippen molar-refractivity contribution in [1.82, 2.24) is 9.78 Å². The molecule has 0 radical (unpaired) electrons. The summed E-state index contributed by atoms with van der Waals surface area (Å²) in [6.45, 7) is 1.21. The molecule has 0 saturated heterocycles. The van der Waals surface area contributed by atoms with Crippen molar-refractivity contribution < 1.29 is 31.9 Å². The highest BCUT2D eigenvalue weighted by Crippen LogP contribution is 2.26. The molecule has 1 N–H and O–H groups in total. The molecule has 0 saturated carbocycles. The highest BCUT2D eigenvalue weighted by atomic mass is 19.2. The van der Waals surface area contributed by atoms with E-state index < -0.39 is 46.3 Å². The van der Waals surface area contributed by atoms with Crippen LogP contribution in [0.25, 0.3) is 5.69 Å². The number of benzene rings is 1. The number of aromatic nitrogens is 2. The van der Waals surface area contributed by atoms with Gasteiger partial charge in [0.25, 0.3) is 0 Å². The molecule has 1 aromatic carbocycles. The van der Waals surface area contributed by atoms with Crippen LogP contribution < -0.4 is 0 Å². The van der Waals surface area contributed by atoms with Gasteiger partial charge in [0, 0.05) is 6.20 Å². The van der Waals surface area contributed by atoms with Crippen LogP contribution in [0.5, 0.6) is 0 Å². The molecule has 0 fully saturated rings. The fourth-order valence-electron chi connectivity index (χ4n) is 1.58. The maximum Gasteiger partial charge on any atom is 0.339 e. The van der Waals surface area contributed by atoms with E-state index >= 15 is 0 Å². The Morgan fingerprint density at radius 1 is 1.05 bits per heavy atom. The lowest BCUT2D eigenvalue weighted by Gasteiger charge is -2.07. The average Bonchev–Trinajstić information content (AvgIpc) is 2.76. The molecule has 0 bridgehead atoms. The zero-order valence-electron chi connectivity index (χ0n) is 9.72. The van der Waals surface area contributed by atoms with Crippen molar-refractivity contribution in [2.75, 3.05) is 0 Å². The number of halogens is 5. The van der Waals surface area contributed by atoms with Gasteiger partial charge < -0.3 is 5.11 Å². The first kappa shape index (κ1) is 14.0. The predicted octanol–water partition coefficient (Wildman–Crippen LogP) is 2.57. The molecule has 0 spiro atoms. The summed E-state index contributed by atoms with van der Waals surface area (Å²) >= 11 is 0. The molecule has 106 valence electrons. The van der Waals surface area contributed by atoms with E-state index in [4.69, 9.17) is 5.11 Å². The topological polar surface area (TPSA) is 55.1 Å². The molecule has 0 aliphatic heterocycles. The van der Waals surface area contributed by atoms with E-state index in [0.717, 1.165) is 0 Å². The SMILES string of the molecule is Cc1nn(-c2c(F)c(F)c(F)c(F)c2F)cc1C(=O)O. The van der Waals surface area contributed by atoms with Crippen molar-refractivity contribution in [2.45, 2.75) is 6.92 Å². The van der Waals surface area contributed by atoms with Crippen LogP contribution in [0, 0.1) is 36.0 Å². The average molecular weight is 292 g/mol. The number of carboxylic acid groups (broad SMARTS) is 1. The molecular formula is C11H5F5N2O2. The van der Waals surface area contributed by atoms with Crippen molar-refractivity contribution in [1.29, 1.82) is 0 Å². The summed E-state index contributed by atoms with van der Waals surface area (Å²) in [6, 6.07) is 0. The maximum atomic E-state index is 13.5. The number of hydrogen-bond acceptors (Lipinski definition) is 2. The van der Waals surface area contributed by atoms with E-state index in [1.165, 1.54) is 6.92 Å². The van der Waals surface area contributed by atoms with E-state index in [0.29, 0.717) is 10.9 Å². The van der Waals surface area contributed by atoms with Gasteiger partial charge in [0.05, 0.1) is 5.69 Å². The Morgan fingerprint density at radius 2 is 1.50 bits per heavy atom. The van der Waals surface area contributed by atoms with Crippen LogP contribution in [0.3, 0.4) is 0 Å². The number of carboxylic acids is 1. The second-order valence-electron chi connectivity index (χ2n) is 3.80. The predicted molar refractivity (Wildman–Crippen MR) is 55.1 cm³/mol. The number of nitrogens with zero attached hydrogens (tertiary/aromatic N) is 2. The van der Waals surface area contributed by atoms with Crippen LogP contribution in [-0.4, -0.2) is 20.9 Å². The molecule has 1 heterocycles. The van der Waals surface area contributed by atoms with Crippen molar-refractivity contribution >= 4 is 5.97 Å². The minimum atomic E-state index is -2.30. The normalized spacial score (nSPS) is 10.9. The number of aromatic carboxylic acids is 1. The third kappa shape index (κ3) is 1.91. The van der Waals surface area contributed by atoms with Crippen molar-refractivity contribution in [3.8, 4) is 5.69 Å². The van der Waals surface area contributed by atoms with E-state index in [1.807, 2.05) is 0 Å². The third-order valence-corrected chi connectivity index (χ3v) is 2.55. The van der Waals surface area contributed by atoms with Crippen molar-refractivity contribution in [2.24, 2.45) is 0 Å². The zero-order valence-corrected chi connectivity index (χ0v) is 9.72. The lowest BCUT2D eigenvalue weighted by molar-refractivity contribution is 0.0696. The summed E-state index contributed by atoms with van der Waals surface area (Å²) in [5.41, 5.74) is -1.90. The van der Waals surface area contributed by atoms with Crippen LogP contribution in [0.1, 0.15) is 16.1 Å². The van der Waals surface area contributed by atoms with E-state index in [9.17, 15) is 26.7 Å². The Hall–Kier alpha value is -2.45. The highest BCUT2D eigenvalue weighted by molar-refractivity contribution is 5.88. The van der Waals surface area contributed by atoms with Crippen LogP contribution in [0.4, 0.5) is 22.0 Å². The lowest BCUT2D eigenvalue weighted by Crippen LogP contribution is -2.10. The summed E-state index contributed by atoms with van der Waals surface area (Å²) < 4.78 is 66.2. The fourth-order valence-corrected chi connectivity index (χ4v) is 1.58. The second kappa shape index (κ2) is 4.58. The molecule has 1 aromatic heterocycles. The van der Waals surface area contributed by atoms with Gasteiger partial charge in [-0.3, -0.25) is 0 Å². The van der Waals surface area contributed by atoms with E-state index in [2.05, 4.69) is 5.10 Å². The van der Waals surface area contributed by atoms with Gasteiger partial charge in [0.1, 0.15) is 11.3 Å². The Bertz CT molecular complexity index is 697. The summed E-state index contributed by atoms with van der Waals surface area (Å²) in [5.74, 6) is -12.2.